The molecule has 116 valence electrons. The molecule has 1 N–H and O–H groups in total. The maximum absolute atomic E-state index is 13.1. The molecule has 1 aromatic carbocycles. The molecule has 0 unspecified atom stereocenters. The average molecular weight is 317 g/mol. The number of nitro groups is 1. The van der Waals surface area contributed by atoms with Crippen molar-refractivity contribution in [1.29, 1.82) is 0 Å². The van der Waals surface area contributed by atoms with Crippen LogP contribution in [0.2, 0.25) is 0 Å². The summed E-state index contributed by atoms with van der Waals surface area (Å²) in [6, 6.07) is 2.26. The van der Waals surface area contributed by atoms with Gasteiger partial charge in [0.05, 0.1) is 11.0 Å². The molecule has 0 bridgehead atoms. The third kappa shape index (κ3) is 3.20. The van der Waals surface area contributed by atoms with Crippen molar-refractivity contribution in [3.05, 3.63) is 34.1 Å². The van der Waals surface area contributed by atoms with E-state index in [9.17, 15) is 22.9 Å². The number of hydrogen-bond donors (Lipinski definition) is 1. The van der Waals surface area contributed by atoms with Crippen molar-refractivity contribution >= 4 is 15.7 Å². The molecule has 0 aromatic heterocycles. The van der Waals surface area contributed by atoms with E-state index in [0.717, 1.165) is 16.4 Å². The third-order valence-electron chi connectivity index (χ3n) is 3.60. The second-order valence-corrected chi connectivity index (χ2v) is 6.84. The monoisotopic (exact) mass is 317 g/mol. The van der Waals surface area contributed by atoms with Gasteiger partial charge in [0.1, 0.15) is 5.82 Å². The molecule has 0 amide bonds. The van der Waals surface area contributed by atoms with Crippen molar-refractivity contribution in [3.63, 3.8) is 0 Å². The van der Waals surface area contributed by atoms with Gasteiger partial charge in [0.15, 0.2) is 4.90 Å². The van der Waals surface area contributed by atoms with Crippen molar-refractivity contribution in [2.24, 2.45) is 0 Å². The zero-order valence-corrected chi connectivity index (χ0v) is 12.3. The Morgan fingerprint density at radius 1 is 1.38 bits per heavy atom. The molecule has 1 heterocycles. The van der Waals surface area contributed by atoms with Crippen molar-refractivity contribution in [2.45, 2.75) is 23.8 Å². The topological polar surface area (TPSA) is 92.6 Å². The predicted molar refractivity (Wildman–Crippen MR) is 73.9 cm³/mol. The lowest BCUT2D eigenvalue weighted by molar-refractivity contribution is -0.388. The number of piperidine rings is 1. The molecule has 1 saturated heterocycles. The van der Waals surface area contributed by atoms with Gasteiger partial charge in [-0.05, 0) is 38.1 Å². The highest BCUT2D eigenvalue weighted by Crippen LogP contribution is 2.29. The molecule has 1 aliphatic rings. The van der Waals surface area contributed by atoms with Crippen LogP contribution in [0, 0.1) is 15.9 Å². The fourth-order valence-corrected chi connectivity index (χ4v) is 3.92. The van der Waals surface area contributed by atoms with Crippen LogP contribution in [0.4, 0.5) is 10.1 Å². The molecule has 9 heteroatoms. The number of benzene rings is 1. The Kier molecular flexibility index (Phi) is 4.55. The summed E-state index contributed by atoms with van der Waals surface area (Å²) in [4.78, 5) is 9.61. The van der Waals surface area contributed by atoms with Crippen molar-refractivity contribution in [1.82, 2.24) is 9.62 Å². The Labute approximate surface area is 122 Å². The first kappa shape index (κ1) is 15.8. The molecule has 1 fully saturated rings. The fourth-order valence-electron chi connectivity index (χ4n) is 2.37. The molecule has 7 nitrogen and oxygen atoms in total. The highest BCUT2D eigenvalue weighted by atomic mass is 32.2. The number of rotatable bonds is 4. The molecule has 0 radical (unpaired) electrons. The number of hydrogen-bond acceptors (Lipinski definition) is 5. The Balaban J connectivity index is 2.41. The summed E-state index contributed by atoms with van der Waals surface area (Å²) in [6.45, 7) is 1.38. The maximum Gasteiger partial charge on any atom is 0.292 e. The van der Waals surface area contributed by atoms with E-state index < -0.39 is 31.3 Å². The van der Waals surface area contributed by atoms with Gasteiger partial charge in [-0.25, -0.2) is 12.8 Å². The molecule has 21 heavy (non-hydrogen) atoms. The number of nitro benzene ring substituents is 1. The standard InChI is InChI=1S/C12H16FN3O4S/c1-15(10-4-6-14-7-5-10)21(19,20)12-3-2-9(13)8-11(12)16(17)18/h2-3,8,10,14H,4-7H2,1H3. The van der Waals surface area contributed by atoms with Crippen LogP contribution >= 0.6 is 0 Å². The van der Waals surface area contributed by atoms with E-state index in [4.69, 9.17) is 0 Å². The Hall–Kier alpha value is -1.58. The summed E-state index contributed by atoms with van der Waals surface area (Å²) in [5, 5.41) is 14.1. The van der Waals surface area contributed by atoms with Crippen molar-refractivity contribution in [2.75, 3.05) is 20.1 Å². The zero-order valence-electron chi connectivity index (χ0n) is 11.5. The average Bonchev–Trinajstić information content (AvgIpc) is 2.47. The van der Waals surface area contributed by atoms with Crippen LogP contribution in [-0.4, -0.2) is 43.8 Å². The summed E-state index contributed by atoms with van der Waals surface area (Å²) >= 11 is 0. The van der Waals surface area contributed by atoms with Gasteiger partial charge in [-0.2, -0.15) is 4.31 Å². The zero-order chi connectivity index (χ0) is 15.6. The first-order valence-electron chi connectivity index (χ1n) is 6.46. The van der Waals surface area contributed by atoms with E-state index in [0.29, 0.717) is 32.0 Å². The molecular weight excluding hydrogens is 301 g/mol. The molecule has 0 spiro atoms. The van der Waals surface area contributed by atoms with E-state index in [-0.39, 0.29) is 6.04 Å². The lowest BCUT2D eigenvalue weighted by Crippen LogP contribution is -2.44. The first-order chi connectivity index (χ1) is 9.84. The summed E-state index contributed by atoms with van der Waals surface area (Å²) in [6.07, 6.45) is 1.26. The van der Waals surface area contributed by atoms with Crippen LogP contribution in [0.5, 0.6) is 0 Å². The highest BCUT2D eigenvalue weighted by Gasteiger charge is 2.34. The summed E-state index contributed by atoms with van der Waals surface area (Å²) < 4.78 is 39.4. The van der Waals surface area contributed by atoms with Crippen LogP contribution in [0.15, 0.2) is 23.1 Å². The molecular formula is C12H16FN3O4S. The maximum atomic E-state index is 13.1. The Morgan fingerprint density at radius 3 is 2.57 bits per heavy atom. The van der Waals surface area contributed by atoms with Gasteiger partial charge in [0, 0.05) is 13.1 Å². The van der Waals surface area contributed by atoms with Gasteiger partial charge in [-0.1, -0.05) is 0 Å². The van der Waals surface area contributed by atoms with E-state index >= 15 is 0 Å². The van der Waals surface area contributed by atoms with Crippen LogP contribution in [0.1, 0.15) is 12.8 Å². The van der Waals surface area contributed by atoms with Crippen LogP contribution in [0.3, 0.4) is 0 Å². The summed E-state index contributed by atoms with van der Waals surface area (Å²) in [5.74, 6) is -0.842. The van der Waals surface area contributed by atoms with Gasteiger partial charge >= 0.3 is 0 Å². The number of nitrogens with one attached hydrogen (secondary N) is 1. The second-order valence-electron chi connectivity index (χ2n) is 4.87. The van der Waals surface area contributed by atoms with Gasteiger partial charge < -0.3 is 5.32 Å². The van der Waals surface area contributed by atoms with E-state index in [1.165, 1.54) is 7.05 Å². The van der Waals surface area contributed by atoms with Crippen LogP contribution < -0.4 is 5.32 Å². The number of nitrogens with zero attached hydrogens (tertiary/aromatic N) is 2. The highest BCUT2D eigenvalue weighted by molar-refractivity contribution is 7.89. The summed E-state index contributed by atoms with van der Waals surface area (Å²) in [5.41, 5.74) is -0.740. The van der Waals surface area contributed by atoms with E-state index in [2.05, 4.69) is 5.32 Å². The smallest absolute Gasteiger partial charge is 0.292 e. The summed E-state index contributed by atoms with van der Waals surface area (Å²) in [7, 11) is -2.63. The Morgan fingerprint density at radius 2 is 2.00 bits per heavy atom. The first-order valence-corrected chi connectivity index (χ1v) is 7.90. The predicted octanol–water partition coefficient (Wildman–Crippen LogP) is 1.11. The minimum Gasteiger partial charge on any atom is -0.317 e. The lowest BCUT2D eigenvalue weighted by Gasteiger charge is -2.30. The Bertz CT molecular complexity index is 644. The molecule has 0 aliphatic carbocycles. The second kappa shape index (κ2) is 6.04. The van der Waals surface area contributed by atoms with Crippen LogP contribution in [-0.2, 0) is 10.0 Å². The molecule has 1 aliphatic heterocycles. The van der Waals surface area contributed by atoms with Gasteiger partial charge in [-0.15, -0.1) is 0 Å². The van der Waals surface area contributed by atoms with Gasteiger partial charge in [-0.3, -0.25) is 10.1 Å². The van der Waals surface area contributed by atoms with E-state index in [1.807, 2.05) is 0 Å². The van der Waals surface area contributed by atoms with Crippen LogP contribution in [0.25, 0.3) is 0 Å². The normalized spacial score (nSPS) is 17.1. The third-order valence-corrected chi connectivity index (χ3v) is 5.56. The number of sulfonamides is 1. The molecule has 0 atom stereocenters. The molecule has 2 rings (SSSR count). The minimum atomic E-state index is -4.03. The largest absolute Gasteiger partial charge is 0.317 e. The van der Waals surface area contributed by atoms with Crippen molar-refractivity contribution in [3.8, 4) is 0 Å². The molecule has 0 saturated carbocycles. The fraction of sp³-hybridized carbons (Fsp3) is 0.500. The SMILES string of the molecule is CN(C1CCNCC1)S(=O)(=O)c1ccc(F)cc1[N+](=O)[O-]. The quantitative estimate of drug-likeness (QED) is 0.663. The van der Waals surface area contributed by atoms with Gasteiger partial charge in [0.2, 0.25) is 10.0 Å². The molecule has 1 aromatic rings. The van der Waals surface area contributed by atoms with Gasteiger partial charge in [0.25, 0.3) is 5.69 Å². The van der Waals surface area contributed by atoms with E-state index in [1.54, 1.807) is 0 Å². The minimum absolute atomic E-state index is 0.221. The lowest BCUT2D eigenvalue weighted by atomic mass is 10.1. The number of halogens is 1. The van der Waals surface area contributed by atoms with Crippen molar-refractivity contribution < 1.29 is 17.7 Å².